The quantitative estimate of drug-likeness (QED) is 0.909. The predicted molar refractivity (Wildman–Crippen MR) is 82.5 cm³/mol. The summed E-state index contributed by atoms with van der Waals surface area (Å²) in [6.45, 7) is 0.714. The number of nitrogens with zero attached hydrogens (tertiary/aromatic N) is 2. The summed E-state index contributed by atoms with van der Waals surface area (Å²) in [7, 11) is 0. The number of aromatic amines is 1. The van der Waals surface area contributed by atoms with Crippen molar-refractivity contribution in [1.82, 2.24) is 20.5 Å². The first-order valence-electron chi connectivity index (χ1n) is 8.13. The van der Waals surface area contributed by atoms with E-state index in [-0.39, 0.29) is 5.82 Å². The lowest BCUT2D eigenvalue weighted by molar-refractivity contribution is 0.272. The van der Waals surface area contributed by atoms with E-state index >= 15 is 0 Å². The van der Waals surface area contributed by atoms with Gasteiger partial charge in [-0.15, -0.1) is 0 Å². The highest BCUT2D eigenvalue weighted by Crippen LogP contribution is 2.56. The van der Waals surface area contributed by atoms with Gasteiger partial charge in [0.25, 0.3) is 0 Å². The summed E-state index contributed by atoms with van der Waals surface area (Å²) < 4.78 is 12.9. The number of nitrogens with one attached hydrogen (secondary N) is 2. The number of aromatic nitrogens is 3. The van der Waals surface area contributed by atoms with Crippen LogP contribution in [0.1, 0.15) is 44.3 Å². The molecule has 1 aromatic carbocycles. The lowest BCUT2D eigenvalue weighted by Gasteiger charge is -2.28. The van der Waals surface area contributed by atoms with Crippen molar-refractivity contribution in [3.05, 3.63) is 35.9 Å². The second kappa shape index (κ2) is 5.47. The van der Waals surface area contributed by atoms with Gasteiger partial charge < -0.3 is 5.32 Å². The van der Waals surface area contributed by atoms with Crippen LogP contribution < -0.4 is 5.32 Å². The minimum Gasteiger partial charge on any atom is -0.307 e. The first-order chi connectivity index (χ1) is 10.7. The van der Waals surface area contributed by atoms with E-state index < -0.39 is 0 Å². The fourth-order valence-electron chi connectivity index (χ4n) is 3.45. The van der Waals surface area contributed by atoms with Crippen molar-refractivity contribution in [2.24, 2.45) is 5.41 Å². The number of rotatable bonds is 4. The second-order valence-corrected chi connectivity index (χ2v) is 6.77. The Morgan fingerprint density at radius 3 is 2.55 bits per heavy atom. The van der Waals surface area contributed by atoms with Gasteiger partial charge in [-0.05, 0) is 68.2 Å². The van der Waals surface area contributed by atoms with E-state index in [0.29, 0.717) is 18.4 Å². The van der Waals surface area contributed by atoms with Crippen LogP contribution in [-0.2, 0) is 6.54 Å². The lowest BCUT2D eigenvalue weighted by Crippen LogP contribution is -2.33. The van der Waals surface area contributed by atoms with E-state index in [4.69, 9.17) is 0 Å². The Balaban J connectivity index is 1.33. The Kier molecular flexibility index (Phi) is 3.45. The molecule has 0 atom stereocenters. The molecule has 2 N–H and O–H groups in total. The molecule has 0 bridgehead atoms. The largest absolute Gasteiger partial charge is 0.307 e. The van der Waals surface area contributed by atoms with Crippen LogP contribution in [0.3, 0.4) is 0 Å². The van der Waals surface area contributed by atoms with Gasteiger partial charge in [-0.2, -0.15) is 5.10 Å². The Labute approximate surface area is 129 Å². The van der Waals surface area contributed by atoms with Gasteiger partial charge in [0.15, 0.2) is 5.82 Å². The van der Waals surface area contributed by atoms with Crippen LogP contribution >= 0.6 is 0 Å². The highest BCUT2D eigenvalue weighted by atomic mass is 19.1. The Morgan fingerprint density at radius 1 is 1.14 bits per heavy atom. The SMILES string of the molecule is Fc1ccc(-c2n[nH]c(CNC3CCC4(CC3)CC4)n2)cc1. The molecule has 2 fully saturated rings. The number of hydrogen-bond donors (Lipinski definition) is 2. The molecule has 0 radical (unpaired) electrons. The van der Waals surface area contributed by atoms with Crippen molar-refractivity contribution in [2.45, 2.75) is 51.1 Å². The van der Waals surface area contributed by atoms with Gasteiger partial charge in [0.2, 0.25) is 0 Å². The van der Waals surface area contributed by atoms with Crippen LogP contribution in [0.25, 0.3) is 11.4 Å². The van der Waals surface area contributed by atoms with E-state index in [1.54, 1.807) is 12.1 Å². The third-order valence-corrected chi connectivity index (χ3v) is 5.20. The summed E-state index contributed by atoms with van der Waals surface area (Å²) in [5.41, 5.74) is 1.57. The van der Waals surface area contributed by atoms with Crippen molar-refractivity contribution in [3.8, 4) is 11.4 Å². The molecular formula is C17H21FN4. The topological polar surface area (TPSA) is 53.6 Å². The van der Waals surface area contributed by atoms with Crippen LogP contribution in [0.4, 0.5) is 4.39 Å². The summed E-state index contributed by atoms with van der Waals surface area (Å²) in [6.07, 6.45) is 8.20. The molecule has 116 valence electrons. The smallest absolute Gasteiger partial charge is 0.181 e. The molecule has 0 unspecified atom stereocenters. The van der Waals surface area contributed by atoms with Crippen LogP contribution in [0.15, 0.2) is 24.3 Å². The van der Waals surface area contributed by atoms with Crippen LogP contribution in [0.5, 0.6) is 0 Å². The molecule has 2 aliphatic carbocycles. The standard InChI is InChI=1S/C17H21FN4/c18-13-3-1-12(2-4-13)16-20-15(21-22-16)11-19-14-5-7-17(8-6-14)9-10-17/h1-4,14,19H,5-11H2,(H,20,21,22). The summed E-state index contributed by atoms with van der Waals surface area (Å²) in [4.78, 5) is 4.48. The molecule has 22 heavy (non-hydrogen) atoms. The first kappa shape index (κ1) is 13.9. The summed E-state index contributed by atoms with van der Waals surface area (Å²) in [6, 6.07) is 6.86. The van der Waals surface area contributed by atoms with Gasteiger partial charge in [0, 0.05) is 11.6 Å². The number of benzene rings is 1. The van der Waals surface area contributed by atoms with Crippen molar-refractivity contribution in [3.63, 3.8) is 0 Å². The van der Waals surface area contributed by atoms with E-state index in [1.165, 1.54) is 50.7 Å². The molecule has 0 aliphatic heterocycles. The average molecular weight is 300 g/mol. The molecule has 4 nitrogen and oxygen atoms in total. The molecule has 1 heterocycles. The van der Waals surface area contributed by atoms with Crippen LogP contribution in [-0.4, -0.2) is 21.2 Å². The second-order valence-electron chi connectivity index (χ2n) is 6.77. The van der Waals surface area contributed by atoms with Crippen molar-refractivity contribution in [2.75, 3.05) is 0 Å². The minimum absolute atomic E-state index is 0.244. The maximum absolute atomic E-state index is 12.9. The zero-order valence-electron chi connectivity index (χ0n) is 12.6. The Morgan fingerprint density at radius 2 is 1.86 bits per heavy atom. The monoisotopic (exact) mass is 300 g/mol. The molecule has 2 aliphatic rings. The molecule has 0 amide bonds. The molecule has 0 saturated heterocycles. The normalized spacial score (nSPS) is 20.4. The van der Waals surface area contributed by atoms with Gasteiger partial charge in [-0.1, -0.05) is 0 Å². The maximum atomic E-state index is 12.9. The molecule has 5 heteroatoms. The zero-order chi connectivity index (χ0) is 15.0. The van der Waals surface area contributed by atoms with Crippen LogP contribution in [0.2, 0.25) is 0 Å². The van der Waals surface area contributed by atoms with E-state index in [9.17, 15) is 4.39 Å². The average Bonchev–Trinajstić information content (AvgIpc) is 3.12. The van der Waals surface area contributed by atoms with Gasteiger partial charge >= 0.3 is 0 Å². The van der Waals surface area contributed by atoms with Crippen molar-refractivity contribution in [1.29, 1.82) is 0 Å². The Hall–Kier alpha value is -1.75. The number of hydrogen-bond acceptors (Lipinski definition) is 3. The summed E-state index contributed by atoms with van der Waals surface area (Å²) >= 11 is 0. The minimum atomic E-state index is -0.244. The van der Waals surface area contributed by atoms with Gasteiger partial charge in [-0.3, -0.25) is 5.10 Å². The lowest BCUT2D eigenvalue weighted by atomic mass is 9.83. The summed E-state index contributed by atoms with van der Waals surface area (Å²) in [5, 5.41) is 10.8. The molecular weight excluding hydrogens is 279 g/mol. The third kappa shape index (κ3) is 2.90. The van der Waals surface area contributed by atoms with Gasteiger partial charge in [-0.25, -0.2) is 9.37 Å². The third-order valence-electron chi connectivity index (χ3n) is 5.20. The van der Waals surface area contributed by atoms with E-state index in [1.807, 2.05) is 0 Å². The maximum Gasteiger partial charge on any atom is 0.181 e. The zero-order valence-corrected chi connectivity index (χ0v) is 12.6. The molecule has 1 spiro atoms. The van der Waals surface area contributed by atoms with Gasteiger partial charge in [0.05, 0.1) is 6.54 Å². The molecule has 1 aromatic heterocycles. The highest BCUT2D eigenvalue weighted by Gasteiger charge is 2.44. The number of halogens is 1. The molecule has 2 aromatic rings. The highest BCUT2D eigenvalue weighted by molar-refractivity contribution is 5.53. The fourth-order valence-corrected chi connectivity index (χ4v) is 3.45. The van der Waals surface area contributed by atoms with E-state index in [2.05, 4.69) is 20.5 Å². The first-order valence-corrected chi connectivity index (χ1v) is 8.13. The summed E-state index contributed by atoms with van der Waals surface area (Å²) in [5.74, 6) is 1.22. The molecule has 4 rings (SSSR count). The predicted octanol–water partition coefficient (Wildman–Crippen LogP) is 3.42. The number of H-pyrrole nitrogens is 1. The van der Waals surface area contributed by atoms with Crippen molar-refractivity contribution < 1.29 is 4.39 Å². The van der Waals surface area contributed by atoms with Gasteiger partial charge in [0.1, 0.15) is 11.6 Å². The van der Waals surface area contributed by atoms with Crippen molar-refractivity contribution >= 4 is 0 Å². The Bertz CT molecular complexity index is 635. The van der Waals surface area contributed by atoms with E-state index in [0.717, 1.165) is 16.8 Å². The molecule has 2 saturated carbocycles. The van der Waals surface area contributed by atoms with Crippen LogP contribution in [0, 0.1) is 11.2 Å². The fraction of sp³-hybridized carbons (Fsp3) is 0.529.